The third-order valence-electron chi connectivity index (χ3n) is 3.32. The van der Waals surface area contributed by atoms with Gasteiger partial charge in [0.25, 0.3) is 5.91 Å². The lowest BCUT2D eigenvalue weighted by Gasteiger charge is -2.07. The maximum Gasteiger partial charge on any atom is 0.255 e. The van der Waals surface area contributed by atoms with Gasteiger partial charge in [-0.1, -0.05) is 6.07 Å². The first-order chi connectivity index (χ1) is 11.0. The highest BCUT2D eigenvalue weighted by Crippen LogP contribution is 2.14. The third kappa shape index (κ3) is 3.58. The van der Waals surface area contributed by atoms with Gasteiger partial charge in [-0.3, -0.25) is 4.79 Å². The lowest BCUT2D eigenvalue weighted by molar-refractivity contribution is 0.102. The molecule has 1 aromatic carbocycles. The van der Waals surface area contributed by atoms with Gasteiger partial charge in [0, 0.05) is 14.8 Å². The summed E-state index contributed by atoms with van der Waals surface area (Å²) in [5.41, 5.74) is 3.24. The lowest BCUT2D eigenvalue weighted by Crippen LogP contribution is -2.12. The molecule has 0 fully saturated rings. The van der Waals surface area contributed by atoms with E-state index in [0.29, 0.717) is 11.3 Å². The SMILES string of the molecule is Cc1cc(C)n(-c2ccc(NC(=O)c3cccc(I)c3)cn2)n1. The number of nitrogens with zero attached hydrogens (tertiary/aromatic N) is 3. The van der Waals surface area contributed by atoms with Crippen LogP contribution in [-0.4, -0.2) is 20.7 Å². The van der Waals surface area contributed by atoms with E-state index in [-0.39, 0.29) is 5.91 Å². The molecule has 1 amide bonds. The minimum absolute atomic E-state index is 0.149. The number of halogens is 1. The molecule has 5 nitrogen and oxygen atoms in total. The first-order valence-corrected chi connectivity index (χ1v) is 8.17. The monoisotopic (exact) mass is 418 g/mol. The van der Waals surface area contributed by atoms with Crippen LogP contribution in [0.25, 0.3) is 5.82 Å². The number of amides is 1. The van der Waals surface area contributed by atoms with Crippen molar-refractivity contribution in [3.05, 3.63) is 69.2 Å². The Balaban J connectivity index is 1.77. The first-order valence-electron chi connectivity index (χ1n) is 7.09. The van der Waals surface area contributed by atoms with Crippen LogP contribution in [0.15, 0.2) is 48.7 Å². The van der Waals surface area contributed by atoms with E-state index in [2.05, 4.69) is 38.0 Å². The van der Waals surface area contributed by atoms with Crippen LogP contribution in [0.5, 0.6) is 0 Å². The number of rotatable bonds is 3. The molecule has 0 aliphatic carbocycles. The molecule has 23 heavy (non-hydrogen) atoms. The molecular weight excluding hydrogens is 403 g/mol. The van der Waals surface area contributed by atoms with Crippen LogP contribution in [0.3, 0.4) is 0 Å². The van der Waals surface area contributed by atoms with E-state index < -0.39 is 0 Å². The van der Waals surface area contributed by atoms with Crippen LogP contribution >= 0.6 is 22.6 Å². The van der Waals surface area contributed by atoms with Crippen molar-refractivity contribution in [3.8, 4) is 5.82 Å². The number of anilines is 1. The summed E-state index contributed by atoms with van der Waals surface area (Å²) in [5, 5.41) is 7.24. The highest BCUT2D eigenvalue weighted by atomic mass is 127. The van der Waals surface area contributed by atoms with Crippen molar-refractivity contribution in [2.75, 3.05) is 5.32 Å². The number of aromatic nitrogens is 3. The van der Waals surface area contributed by atoms with Crippen molar-refractivity contribution in [1.29, 1.82) is 0 Å². The predicted octanol–water partition coefficient (Wildman–Crippen LogP) is 3.74. The summed E-state index contributed by atoms with van der Waals surface area (Å²) in [6.45, 7) is 3.92. The van der Waals surface area contributed by atoms with Crippen LogP contribution in [0.2, 0.25) is 0 Å². The van der Waals surface area contributed by atoms with Gasteiger partial charge in [-0.05, 0) is 72.8 Å². The molecule has 0 saturated heterocycles. The van der Waals surface area contributed by atoms with E-state index >= 15 is 0 Å². The third-order valence-corrected chi connectivity index (χ3v) is 3.99. The molecule has 0 radical (unpaired) electrons. The van der Waals surface area contributed by atoms with E-state index in [9.17, 15) is 4.79 Å². The van der Waals surface area contributed by atoms with E-state index in [1.807, 2.05) is 50.2 Å². The van der Waals surface area contributed by atoms with E-state index in [1.165, 1.54) is 0 Å². The summed E-state index contributed by atoms with van der Waals surface area (Å²) >= 11 is 2.18. The van der Waals surface area contributed by atoms with Gasteiger partial charge in [0.15, 0.2) is 5.82 Å². The van der Waals surface area contributed by atoms with Crippen molar-refractivity contribution in [3.63, 3.8) is 0 Å². The van der Waals surface area contributed by atoms with Crippen LogP contribution in [0.4, 0.5) is 5.69 Å². The van der Waals surface area contributed by atoms with Crippen LogP contribution < -0.4 is 5.32 Å². The van der Waals surface area contributed by atoms with Gasteiger partial charge in [-0.25, -0.2) is 9.67 Å². The topological polar surface area (TPSA) is 59.8 Å². The maximum atomic E-state index is 12.2. The number of nitrogens with one attached hydrogen (secondary N) is 1. The average Bonchev–Trinajstić information content (AvgIpc) is 2.86. The highest BCUT2D eigenvalue weighted by molar-refractivity contribution is 14.1. The van der Waals surface area contributed by atoms with Gasteiger partial charge in [-0.2, -0.15) is 5.10 Å². The number of aryl methyl sites for hydroxylation is 2. The summed E-state index contributed by atoms with van der Waals surface area (Å²) in [5.74, 6) is 0.576. The van der Waals surface area contributed by atoms with Crippen LogP contribution in [-0.2, 0) is 0 Å². The molecule has 0 unspecified atom stereocenters. The van der Waals surface area contributed by atoms with E-state index in [1.54, 1.807) is 16.9 Å². The zero-order chi connectivity index (χ0) is 16.4. The van der Waals surface area contributed by atoms with Gasteiger partial charge >= 0.3 is 0 Å². The standard InChI is InChI=1S/C17H15IN4O/c1-11-8-12(2)22(21-11)16-7-6-15(10-19-16)20-17(23)13-4-3-5-14(18)9-13/h3-10H,1-2H3,(H,20,23). The van der Waals surface area contributed by atoms with E-state index in [0.717, 1.165) is 20.8 Å². The quantitative estimate of drug-likeness (QED) is 0.660. The molecule has 0 atom stereocenters. The van der Waals surface area contributed by atoms with Gasteiger partial charge in [0.1, 0.15) is 0 Å². The smallest absolute Gasteiger partial charge is 0.255 e. The fraction of sp³-hybridized carbons (Fsp3) is 0.118. The Morgan fingerprint density at radius 3 is 2.61 bits per heavy atom. The second kappa shape index (κ2) is 6.49. The Morgan fingerprint density at radius 1 is 1.17 bits per heavy atom. The first kappa shape index (κ1) is 15.7. The van der Waals surface area contributed by atoms with Crippen molar-refractivity contribution >= 4 is 34.2 Å². The number of carbonyl (C=O) groups is 1. The average molecular weight is 418 g/mol. The number of benzene rings is 1. The van der Waals surface area contributed by atoms with Gasteiger partial charge in [0.2, 0.25) is 0 Å². The molecule has 0 aliphatic heterocycles. The molecule has 0 saturated carbocycles. The molecule has 0 aliphatic rings. The summed E-state index contributed by atoms with van der Waals surface area (Å²) in [6.07, 6.45) is 1.64. The molecule has 3 rings (SSSR count). The van der Waals surface area contributed by atoms with Crippen LogP contribution in [0, 0.1) is 17.4 Å². The van der Waals surface area contributed by atoms with Gasteiger partial charge in [-0.15, -0.1) is 0 Å². The molecule has 6 heteroatoms. The second-order valence-electron chi connectivity index (χ2n) is 5.21. The maximum absolute atomic E-state index is 12.2. The lowest BCUT2D eigenvalue weighted by atomic mass is 10.2. The summed E-state index contributed by atoms with van der Waals surface area (Å²) in [7, 11) is 0. The molecule has 3 aromatic rings. The second-order valence-corrected chi connectivity index (χ2v) is 6.45. The van der Waals surface area contributed by atoms with Crippen molar-refractivity contribution in [1.82, 2.24) is 14.8 Å². The number of hydrogen-bond acceptors (Lipinski definition) is 3. The summed E-state index contributed by atoms with van der Waals surface area (Å²) in [4.78, 5) is 16.6. The normalized spacial score (nSPS) is 10.6. The van der Waals surface area contributed by atoms with Crippen molar-refractivity contribution in [2.45, 2.75) is 13.8 Å². The zero-order valence-corrected chi connectivity index (χ0v) is 14.9. The fourth-order valence-electron chi connectivity index (χ4n) is 2.28. The predicted molar refractivity (Wildman–Crippen MR) is 97.9 cm³/mol. The molecule has 2 heterocycles. The fourth-order valence-corrected chi connectivity index (χ4v) is 2.82. The van der Waals surface area contributed by atoms with Gasteiger partial charge < -0.3 is 5.32 Å². The Kier molecular flexibility index (Phi) is 4.42. The molecule has 0 bridgehead atoms. The van der Waals surface area contributed by atoms with Crippen molar-refractivity contribution in [2.24, 2.45) is 0 Å². The minimum Gasteiger partial charge on any atom is -0.321 e. The summed E-state index contributed by atoms with van der Waals surface area (Å²) in [6, 6.07) is 13.1. The molecule has 1 N–H and O–H groups in total. The Bertz CT molecular complexity index is 855. The molecule has 116 valence electrons. The zero-order valence-electron chi connectivity index (χ0n) is 12.7. The Morgan fingerprint density at radius 2 is 2.00 bits per heavy atom. The minimum atomic E-state index is -0.149. The molecule has 2 aromatic heterocycles. The Hall–Kier alpha value is -2.22. The van der Waals surface area contributed by atoms with E-state index in [4.69, 9.17) is 0 Å². The highest BCUT2D eigenvalue weighted by Gasteiger charge is 2.08. The number of carbonyl (C=O) groups excluding carboxylic acids is 1. The van der Waals surface area contributed by atoms with Crippen molar-refractivity contribution < 1.29 is 4.79 Å². The largest absolute Gasteiger partial charge is 0.321 e. The number of hydrogen-bond donors (Lipinski definition) is 1. The number of pyridine rings is 1. The van der Waals surface area contributed by atoms with Gasteiger partial charge in [0.05, 0.1) is 17.6 Å². The summed E-state index contributed by atoms with van der Waals surface area (Å²) < 4.78 is 2.80. The molecular formula is C17H15IN4O. The molecule has 0 spiro atoms. The van der Waals surface area contributed by atoms with Crippen LogP contribution in [0.1, 0.15) is 21.7 Å². The Labute approximate surface area is 147 Å².